The summed E-state index contributed by atoms with van der Waals surface area (Å²) in [4.78, 5) is 34.8. The maximum atomic E-state index is 11.3. The van der Waals surface area contributed by atoms with Crippen LogP contribution in [-0.4, -0.2) is 50.3 Å². The number of unbranched alkanes of at least 4 members (excludes halogenated alkanes) is 1. The molecule has 0 aromatic carbocycles. The van der Waals surface area contributed by atoms with Gasteiger partial charge in [0, 0.05) is 34.0 Å². The Morgan fingerprint density at radius 1 is 1.00 bits per heavy atom. The summed E-state index contributed by atoms with van der Waals surface area (Å²) in [7, 11) is 4.93. The zero-order valence-electron chi connectivity index (χ0n) is 10.7. The molecular formula is C11H21N3O3. The Kier molecular flexibility index (Phi) is 7.75. The zero-order valence-corrected chi connectivity index (χ0v) is 10.7. The topological polar surface area (TPSA) is 78.5 Å². The fourth-order valence-corrected chi connectivity index (χ4v) is 1.14. The monoisotopic (exact) mass is 243 g/mol. The van der Waals surface area contributed by atoms with E-state index in [0.29, 0.717) is 25.7 Å². The average molecular weight is 243 g/mol. The van der Waals surface area contributed by atoms with Crippen LogP contribution in [0.2, 0.25) is 0 Å². The third-order valence-electron chi connectivity index (χ3n) is 2.27. The van der Waals surface area contributed by atoms with Crippen molar-refractivity contribution >= 4 is 17.7 Å². The number of nitrogens with one attached hydrogen (secondary N) is 2. The standard InChI is InChI=1S/C11H21N3O3/c1-12-10(16)8-13-9(15)6-4-5-7-11(17)14(2)3/h4-8H2,1-3H3,(H,12,16)(H,13,15). The minimum Gasteiger partial charge on any atom is -0.358 e. The maximum absolute atomic E-state index is 11.3. The molecule has 0 aromatic heterocycles. The molecule has 3 amide bonds. The molecule has 0 bridgehead atoms. The summed E-state index contributed by atoms with van der Waals surface area (Å²) in [5.74, 6) is -0.317. The van der Waals surface area contributed by atoms with Crippen LogP contribution >= 0.6 is 0 Å². The Morgan fingerprint density at radius 2 is 1.59 bits per heavy atom. The van der Waals surface area contributed by atoms with E-state index in [9.17, 15) is 14.4 Å². The molecule has 0 unspecified atom stereocenters. The molecule has 0 heterocycles. The minimum atomic E-state index is -0.221. The van der Waals surface area contributed by atoms with Gasteiger partial charge in [-0.1, -0.05) is 0 Å². The molecule has 0 radical (unpaired) electrons. The van der Waals surface area contributed by atoms with Crippen LogP contribution in [0.15, 0.2) is 0 Å². The SMILES string of the molecule is CNC(=O)CNC(=O)CCCCC(=O)N(C)C. The first-order valence-corrected chi connectivity index (χ1v) is 5.64. The van der Waals surface area contributed by atoms with Crippen molar-refractivity contribution in [2.24, 2.45) is 0 Å². The molecular weight excluding hydrogens is 222 g/mol. The largest absolute Gasteiger partial charge is 0.358 e. The van der Waals surface area contributed by atoms with Crippen molar-refractivity contribution in [3.63, 3.8) is 0 Å². The third kappa shape index (κ3) is 8.24. The predicted octanol–water partition coefficient (Wildman–Crippen LogP) is -0.503. The number of nitrogens with zero attached hydrogens (tertiary/aromatic N) is 1. The van der Waals surface area contributed by atoms with E-state index in [4.69, 9.17) is 0 Å². The fourth-order valence-electron chi connectivity index (χ4n) is 1.14. The van der Waals surface area contributed by atoms with Crippen LogP contribution < -0.4 is 10.6 Å². The number of hydrogen-bond acceptors (Lipinski definition) is 3. The lowest BCUT2D eigenvalue weighted by atomic mass is 10.2. The molecule has 0 saturated heterocycles. The molecule has 17 heavy (non-hydrogen) atoms. The second-order valence-electron chi connectivity index (χ2n) is 3.95. The van der Waals surface area contributed by atoms with Gasteiger partial charge in [-0.25, -0.2) is 0 Å². The van der Waals surface area contributed by atoms with Crippen molar-refractivity contribution in [3.8, 4) is 0 Å². The summed E-state index contributed by atoms with van der Waals surface area (Å²) in [6, 6.07) is 0. The van der Waals surface area contributed by atoms with Gasteiger partial charge in [0.15, 0.2) is 0 Å². The van der Waals surface area contributed by atoms with Crippen molar-refractivity contribution in [3.05, 3.63) is 0 Å². The normalized spacial score (nSPS) is 9.59. The maximum Gasteiger partial charge on any atom is 0.239 e. The molecule has 0 aliphatic heterocycles. The summed E-state index contributed by atoms with van der Waals surface area (Å²) in [6.07, 6.45) is 2.14. The number of amides is 3. The lowest BCUT2D eigenvalue weighted by Crippen LogP contribution is -2.35. The Balaban J connectivity index is 3.52. The summed E-state index contributed by atoms with van der Waals surface area (Å²) in [5, 5.41) is 4.91. The van der Waals surface area contributed by atoms with Crippen molar-refractivity contribution in [1.82, 2.24) is 15.5 Å². The van der Waals surface area contributed by atoms with Crippen molar-refractivity contribution < 1.29 is 14.4 Å². The quantitative estimate of drug-likeness (QED) is 0.592. The third-order valence-corrected chi connectivity index (χ3v) is 2.27. The highest BCUT2D eigenvalue weighted by Gasteiger charge is 2.06. The molecule has 6 nitrogen and oxygen atoms in total. The minimum absolute atomic E-state index is 0.00591. The second-order valence-corrected chi connectivity index (χ2v) is 3.95. The molecule has 0 aliphatic carbocycles. The van der Waals surface area contributed by atoms with E-state index in [1.54, 1.807) is 14.1 Å². The number of rotatable bonds is 7. The van der Waals surface area contributed by atoms with Gasteiger partial charge in [-0.15, -0.1) is 0 Å². The van der Waals surface area contributed by atoms with Crippen molar-refractivity contribution in [2.75, 3.05) is 27.7 Å². The molecule has 6 heteroatoms. The van der Waals surface area contributed by atoms with Gasteiger partial charge < -0.3 is 15.5 Å². The lowest BCUT2D eigenvalue weighted by Gasteiger charge is -2.09. The second kappa shape index (κ2) is 8.55. The molecule has 0 atom stereocenters. The van der Waals surface area contributed by atoms with Gasteiger partial charge in [0.25, 0.3) is 0 Å². The van der Waals surface area contributed by atoms with E-state index in [2.05, 4.69) is 10.6 Å². The number of hydrogen-bond donors (Lipinski definition) is 2. The Morgan fingerprint density at radius 3 is 2.12 bits per heavy atom. The molecule has 0 rings (SSSR count). The molecule has 0 aromatic rings. The van der Waals surface area contributed by atoms with Gasteiger partial charge in [-0.2, -0.15) is 0 Å². The number of likely N-dealkylation sites (N-methyl/N-ethyl adjacent to an activating group) is 1. The lowest BCUT2D eigenvalue weighted by molar-refractivity contribution is -0.129. The summed E-state index contributed by atoms with van der Waals surface area (Å²) < 4.78 is 0. The number of carbonyl (C=O) groups is 3. The number of carbonyl (C=O) groups excluding carboxylic acids is 3. The fraction of sp³-hybridized carbons (Fsp3) is 0.727. The van der Waals surface area contributed by atoms with E-state index in [-0.39, 0.29) is 24.3 Å². The van der Waals surface area contributed by atoms with Crippen LogP contribution in [0, 0.1) is 0 Å². The van der Waals surface area contributed by atoms with Crippen LogP contribution in [0.3, 0.4) is 0 Å². The van der Waals surface area contributed by atoms with Crippen molar-refractivity contribution in [2.45, 2.75) is 25.7 Å². The Hall–Kier alpha value is -1.59. The van der Waals surface area contributed by atoms with Crippen LogP contribution in [0.1, 0.15) is 25.7 Å². The Bertz CT molecular complexity index is 277. The predicted molar refractivity (Wildman–Crippen MR) is 64.2 cm³/mol. The molecule has 0 saturated carbocycles. The van der Waals surface area contributed by atoms with Crippen LogP contribution in [0.25, 0.3) is 0 Å². The van der Waals surface area contributed by atoms with Crippen molar-refractivity contribution in [1.29, 1.82) is 0 Å². The highest BCUT2D eigenvalue weighted by molar-refractivity contribution is 5.84. The van der Waals surface area contributed by atoms with Gasteiger partial charge in [0.1, 0.15) is 0 Å². The van der Waals surface area contributed by atoms with Gasteiger partial charge >= 0.3 is 0 Å². The molecule has 98 valence electrons. The van der Waals surface area contributed by atoms with E-state index < -0.39 is 0 Å². The van der Waals surface area contributed by atoms with Crippen LogP contribution in [-0.2, 0) is 14.4 Å². The summed E-state index contributed by atoms with van der Waals surface area (Å²) >= 11 is 0. The molecule has 0 fully saturated rings. The van der Waals surface area contributed by atoms with E-state index in [1.807, 2.05) is 0 Å². The van der Waals surface area contributed by atoms with E-state index in [0.717, 1.165) is 0 Å². The first-order chi connectivity index (χ1) is 7.97. The Labute approximate surface area is 102 Å². The summed E-state index contributed by atoms with van der Waals surface area (Å²) in [6.45, 7) is 0.00591. The van der Waals surface area contributed by atoms with Gasteiger partial charge in [-0.05, 0) is 12.8 Å². The van der Waals surface area contributed by atoms with E-state index in [1.165, 1.54) is 11.9 Å². The van der Waals surface area contributed by atoms with Gasteiger partial charge in [-0.3, -0.25) is 14.4 Å². The highest BCUT2D eigenvalue weighted by Crippen LogP contribution is 2.01. The van der Waals surface area contributed by atoms with Gasteiger partial charge in [0.2, 0.25) is 17.7 Å². The van der Waals surface area contributed by atoms with Gasteiger partial charge in [0.05, 0.1) is 6.54 Å². The zero-order chi connectivity index (χ0) is 13.3. The van der Waals surface area contributed by atoms with E-state index >= 15 is 0 Å². The van der Waals surface area contributed by atoms with Crippen LogP contribution in [0.5, 0.6) is 0 Å². The smallest absolute Gasteiger partial charge is 0.239 e. The van der Waals surface area contributed by atoms with Crippen LogP contribution in [0.4, 0.5) is 0 Å². The molecule has 2 N–H and O–H groups in total. The highest BCUT2D eigenvalue weighted by atomic mass is 16.2. The average Bonchev–Trinajstić information content (AvgIpc) is 2.30. The first-order valence-electron chi connectivity index (χ1n) is 5.64. The molecule has 0 spiro atoms. The first kappa shape index (κ1) is 15.4. The summed E-state index contributed by atoms with van der Waals surface area (Å²) in [5.41, 5.74) is 0. The molecule has 0 aliphatic rings.